The van der Waals surface area contributed by atoms with Gasteiger partial charge >= 0.3 is 0 Å². The first-order chi connectivity index (χ1) is 7.99. The van der Waals surface area contributed by atoms with Crippen LogP contribution in [-0.2, 0) is 6.42 Å². The number of aromatic amines is 1. The van der Waals surface area contributed by atoms with E-state index in [0.717, 1.165) is 6.42 Å². The highest BCUT2D eigenvalue weighted by molar-refractivity contribution is 5.85. The van der Waals surface area contributed by atoms with Crippen LogP contribution in [0.3, 0.4) is 0 Å². The molecule has 0 bridgehead atoms. The molecule has 17 heavy (non-hydrogen) atoms. The highest BCUT2D eigenvalue weighted by atomic mass is 14.7. The van der Waals surface area contributed by atoms with Crippen molar-refractivity contribution in [1.29, 1.82) is 0 Å². The molecule has 0 saturated carbocycles. The molecule has 1 aromatic heterocycles. The number of nitrogens with one attached hydrogen (secondary N) is 1. The second-order valence-corrected chi connectivity index (χ2v) is 5.37. The summed E-state index contributed by atoms with van der Waals surface area (Å²) >= 11 is 0. The maximum Gasteiger partial charge on any atom is 0.0459 e. The van der Waals surface area contributed by atoms with E-state index in [1.54, 1.807) is 0 Å². The molecule has 0 saturated heterocycles. The van der Waals surface area contributed by atoms with E-state index in [4.69, 9.17) is 5.73 Å². The first kappa shape index (κ1) is 12.2. The molecule has 0 aliphatic heterocycles. The van der Waals surface area contributed by atoms with Gasteiger partial charge in [0.05, 0.1) is 0 Å². The summed E-state index contributed by atoms with van der Waals surface area (Å²) in [4.78, 5) is 3.44. The normalized spacial score (nSPS) is 13.5. The average Bonchev–Trinajstić information content (AvgIpc) is 2.54. The predicted molar refractivity (Wildman–Crippen MR) is 74.5 cm³/mol. The van der Waals surface area contributed by atoms with Gasteiger partial charge in [0.25, 0.3) is 0 Å². The van der Waals surface area contributed by atoms with Crippen LogP contribution < -0.4 is 5.73 Å². The minimum atomic E-state index is 0.204. The quantitative estimate of drug-likeness (QED) is 0.832. The minimum Gasteiger partial charge on any atom is -0.358 e. The molecule has 0 aliphatic rings. The first-order valence-electron chi connectivity index (χ1n) is 6.35. The van der Waals surface area contributed by atoms with E-state index in [1.807, 2.05) is 0 Å². The lowest BCUT2D eigenvalue weighted by atomic mass is 9.98. The van der Waals surface area contributed by atoms with Crippen molar-refractivity contribution in [3.63, 3.8) is 0 Å². The van der Waals surface area contributed by atoms with Gasteiger partial charge in [0, 0.05) is 22.6 Å². The molecule has 2 aromatic rings. The SMILES string of the molecule is Cc1[nH]c2ccc(C(C)C)cc2c1CC(C)N. The zero-order valence-corrected chi connectivity index (χ0v) is 11.2. The summed E-state index contributed by atoms with van der Waals surface area (Å²) in [6.07, 6.45) is 0.938. The lowest BCUT2D eigenvalue weighted by Crippen LogP contribution is -2.18. The van der Waals surface area contributed by atoms with Gasteiger partial charge in [0.1, 0.15) is 0 Å². The summed E-state index contributed by atoms with van der Waals surface area (Å²) in [7, 11) is 0. The van der Waals surface area contributed by atoms with Gasteiger partial charge in [-0.1, -0.05) is 19.9 Å². The summed E-state index contributed by atoms with van der Waals surface area (Å²) in [5.41, 5.74) is 11.2. The summed E-state index contributed by atoms with van der Waals surface area (Å²) in [5, 5.41) is 1.34. The standard InChI is InChI=1S/C15H22N2/c1-9(2)12-5-6-15-14(8-12)13(7-10(3)16)11(4)17-15/h5-6,8-10,17H,7,16H2,1-4H3. The molecule has 0 spiro atoms. The zero-order valence-electron chi connectivity index (χ0n) is 11.2. The number of benzene rings is 1. The van der Waals surface area contributed by atoms with Crippen LogP contribution in [0.15, 0.2) is 18.2 Å². The van der Waals surface area contributed by atoms with E-state index < -0.39 is 0 Å². The fourth-order valence-electron chi connectivity index (χ4n) is 2.34. The van der Waals surface area contributed by atoms with Crippen LogP contribution in [0.4, 0.5) is 0 Å². The van der Waals surface area contributed by atoms with Crippen LogP contribution in [-0.4, -0.2) is 11.0 Å². The van der Waals surface area contributed by atoms with Gasteiger partial charge in [-0.3, -0.25) is 0 Å². The number of hydrogen-bond acceptors (Lipinski definition) is 1. The molecule has 0 amide bonds. The second-order valence-electron chi connectivity index (χ2n) is 5.37. The molecule has 2 nitrogen and oxygen atoms in total. The van der Waals surface area contributed by atoms with Crippen LogP contribution >= 0.6 is 0 Å². The molecule has 1 atom stereocenters. The van der Waals surface area contributed by atoms with Gasteiger partial charge in [0.2, 0.25) is 0 Å². The summed E-state index contributed by atoms with van der Waals surface area (Å²) in [5.74, 6) is 0.567. The summed E-state index contributed by atoms with van der Waals surface area (Å²) < 4.78 is 0. The number of aryl methyl sites for hydroxylation is 1. The van der Waals surface area contributed by atoms with Crippen molar-refractivity contribution in [2.45, 2.75) is 46.1 Å². The van der Waals surface area contributed by atoms with E-state index in [1.165, 1.54) is 27.7 Å². The third-order valence-electron chi connectivity index (χ3n) is 3.34. The Morgan fingerprint density at radius 2 is 1.94 bits per heavy atom. The van der Waals surface area contributed by atoms with Crippen molar-refractivity contribution in [1.82, 2.24) is 4.98 Å². The number of rotatable bonds is 3. The highest BCUT2D eigenvalue weighted by Gasteiger charge is 2.11. The zero-order chi connectivity index (χ0) is 12.6. The molecular weight excluding hydrogens is 208 g/mol. The first-order valence-corrected chi connectivity index (χ1v) is 6.35. The highest BCUT2D eigenvalue weighted by Crippen LogP contribution is 2.27. The Labute approximate surface area is 103 Å². The van der Waals surface area contributed by atoms with E-state index >= 15 is 0 Å². The molecule has 0 aliphatic carbocycles. The van der Waals surface area contributed by atoms with Crippen LogP contribution in [0, 0.1) is 6.92 Å². The molecule has 92 valence electrons. The van der Waals surface area contributed by atoms with Gasteiger partial charge in [-0.05, 0) is 49.4 Å². The van der Waals surface area contributed by atoms with Crippen molar-refractivity contribution in [2.24, 2.45) is 5.73 Å². The van der Waals surface area contributed by atoms with Gasteiger partial charge in [-0.2, -0.15) is 0 Å². The fraction of sp³-hybridized carbons (Fsp3) is 0.467. The molecule has 0 fully saturated rings. The summed E-state index contributed by atoms with van der Waals surface area (Å²) in [6.45, 7) is 8.65. The van der Waals surface area contributed by atoms with Gasteiger partial charge in [0.15, 0.2) is 0 Å². The number of H-pyrrole nitrogens is 1. The molecule has 2 rings (SSSR count). The van der Waals surface area contributed by atoms with Crippen LogP contribution in [0.5, 0.6) is 0 Å². The molecule has 3 N–H and O–H groups in total. The van der Waals surface area contributed by atoms with Crippen molar-refractivity contribution in [3.05, 3.63) is 35.0 Å². The van der Waals surface area contributed by atoms with Crippen molar-refractivity contribution in [2.75, 3.05) is 0 Å². The molecule has 1 unspecified atom stereocenters. The lowest BCUT2D eigenvalue weighted by molar-refractivity contribution is 0.738. The third kappa shape index (κ3) is 2.37. The van der Waals surface area contributed by atoms with Crippen molar-refractivity contribution < 1.29 is 0 Å². The minimum absolute atomic E-state index is 0.204. The van der Waals surface area contributed by atoms with Gasteiger partial charge < -0.3 is 10.7 Å². The summed E-state index contributed by atoms with van der Waals surface area (Å²) in [6, 6.07) is 6.90. The molecule has 1 aromatic carbocycles. The van der Waals surface area contributed by atoms with Gasteiger partial charge in [-0.15, -0.1) is 0 Å². The molecule has 1 heterocycles. The van der Waals surface area contributed by atoms with Crippen LogP contribution in [0.2, 0.25) is 0 Å². The van der Waals surface area contributed by atoms with E-state index in [2.05, 4.69) is 50.9 Å². The fourth-order valence-corrected chi connectivity index (χ4v) is 2.34. The predicted octanol–water partition coefficient (Wildman–Crippen LogP) is 3.49. The van der Waals surface area contributed by atoms with Crippen LogP contribution in [0.25, 0.3) is 10.9 Å². The molecule has 0 radical (unpaired) electrons. The Balaban J connectivity index is 2.56. The number of hydrogen-bond donors (Lipinski definition) is 2. The maximum absolute atomic E-state index is 5.93. The third-order valence-corrected chi connectivity index (χ3v) is 3.34. The van der Waals surface area contributed by atoms with Crippen molar-refractivity contribution in [3.8, 4) is 0 Å². The van der Waals surface area contributed by atoms with E-state index in [9.17, 15) is 0 Å². The van der Waals surface area contributed by atoms with Crippen molar-refractivity contribution >= 4 is 10.9 Å². The Bertz CT molecular complexity index is 521. The largest absolute Gasteiger partial charge is 0.358 e. The van der Waals surface area contributed by atoms with Gasteiger partial charge in [-0.25, -0.2) is 0 Å². The maximum atomic E-state index is 5.93. The van der Waals surface area contributed by atoms with Crippen LogP contribution in [0.1, 0.15) is 43.5 Å². The molecule has 2 heteroatoms. The number of nitrogens with two attached hydrogens (primary N) is 1. The Morgan fingerprint density at radius 3 is 2.53 bits per heavy atom. The Morgan fingerprint density at radius 1 is 1.24 bits per heavy atom. The Hall–Kier alpha value is -1.28. The molecular formula is C15H22N2. The number of aromatic nitrogens is 1. The lowest BCUT2D eigenvalue weighted by Gasteiger charge is -2.08. The number of fused-ring (bicyclic) bond motifs is 1. The Kier molecular flexibility index (Phi) is 3.25. The van der Waals surface area contributed by atoms with E-state index in [0.29, 0.717) is 5.92 Å². The smallest absolute Gasteiger partial charge is 0.0459 e. The average molecular weight is 230 g/mol. The monoisotopic (exact) mass is 230 g/mol. The topological polar surface area (TPSA) is 41.8 Å². The second kappa shape index (κ2) is 4.53. The van der Waals surface area contributed by atoms with E-state index in [-0.39, 0.29) is 6.04 Å².